The highest BCUT2D eigenvalue weighted by Gasteiger charge is 2.38. The summed E-state index contributed by atoms with van der Waals surface area (Å²) < 4.78 is 5.38. The standard InChI is InChI=1S/C18H21N3O2/c1-17(2,3)23-16(22)21-9-7-18(13-20,8-10-21)15-6-4-5-14(11-15)12-19/h4-6,11H,7-10H2,1-3H3. The summed E-state index contributed by atoms with van der Waals surface area (Å²) >= 11 is 0. The first kappa shape index (κ1) is 16.8. The molecule has 0 spiro atoms. The van der Waals surface area contributed by atoms with Gasteiger partial charge in [-0.15, -0.1) is 0 Å². The summed E-state index contributed by atoms with van der Waals surface area (Å²) in [5.74, 6) is 0. The average Bonchev–Trinajstić information content (AvgIpc) is 2.53. The fraction of sp³-hybridized carbons (Fsp3) is 0.500. The molecule has 1 aliphatic rings. The zero-order valence-corrected chi connectivity index (χ0v) is 13.8. The molecule has 0 atom stereocenters. The number of amides is 1. The van der Waals surface area contributed by atoms with Gasteiger partial charge < -0.3 is 9.64 Å². The highest BCUT2D eigenvalue weighted by molar-refractivity contribution is 5.68. The summed E-state index contributed by atoms with van der Waals surface area (Å²) in [5.41, 5.74) is 0.224. The van der Waals surface area contributed by atoms with Crippen LogP contribution in [-0.2, 0) is 10.2 Å². The maximum absolute atomic E-state index is 12.1. The molecule has 1 heterocycles. The molecule has 120 valence electrons. The first-order chi connectivity index (χ1) is 10.8. The summed E-state index contributed by atoms with van der Waals surface area (Å²) in [6, 6.07) is 11.7. The lowest BCUT2D eigenvalue weighted by Crippen LogP contribution is -2.46. The van der Waals surface area contributed by atoms with Gasteiger partial charge in [0, 0.05) is 13.1 Å². The summed E-state index contributed by atoms with van der Waals surface area (Å²) in [6.45, 7) is 6.45. The van der Waals surface area contributed by atoms with Gasteiger partial charge >= 0.3 is 6.09 Å². The number of carbonyl (C=O) groups excluding carboxylic acids is 1. The fourth-order valence-corrected chi connectivity index (χ4v) is 2.75. The van der Waals surface area contributed by atoms with Crippen LogP contribution in [0.15, 0.2) is 24.3 Å². The van der Waals surface area contributed by atoms with Crippen LogP contribution in [0.4, 0.5) is 4.79 Å². The van der Waals surface area contributed by atoms with E-state index in [-0.39, 0.29) is 6.09 Å². The van der Waals surface area contributed by atoms with Crippen molar-refractivity contribution in [1.82, 2.24) is 4.90 Å². The predicted octanol–water partition coefficient (Wildman–Crippen LogP) is 3.35. The number of likely N-dealkylation sites (tertiary alicyclic amines) is 1. The molecule has 23 heavy (non-hydrogen) atoms. The van der Waals surface area contributed by atoms with Crippen molar-refractivity contribution in [2.75, 3.05) is 13.1 Å². The van der Waals surface area contributed by atoms with Gasteiger partial charge in [0.2, 0.25) is 0 Å². The van der Waals surface area contributed by atoms with Crippen LogP contribution < -0.4 is 0 Å². The summed E-state index contributed by atoms with van der Waals surface area (Å²) in [7, 11) is 0. The second-order valence-electron chi connectivity index (χ2n) is 6.85. The molecule has 0 bridgehead atoms. The monoisotopic (exact) mass is 311 g/mol. The first-order valence-electron chi connectivity index (χ1n) is 7.69. The van der Waals surface area contributed by atoms with Crippen molar-refractivity contribution in [3.8, 4) is 12.1 Å². The molecule has 1 aliphatic heterocycles. The molecular weight excluding hydrogens is 290 g/mol. The molecular formula is C18H21N3O2. The van der Waals surface area contributed by atoms with Crippen molar-refractivity contribution in [3.05, 3.63) is 35.4 Å². The van der Waals surface area contributed by atoms with Gasteiger partial charge in [-0.1, -0.05) is 12.1 Å². The number of carbonyl (C=O) groups is 1. The van der Waals surface area contributed by atoms with E-state index in [0.29, 0.717) is 31.5 Å². The van der Waals surface area contributed by atoms with Gasteiger partial charge in [0.05, 0.1) is 23.1 Å². The maximum Gasteiger partial charge on any atom is 0.410 e. The number of hydrogen-bond donors (Lipinski definition) is 0. The Morgan fingerprint density at radius 1 is 1.26 bits per heavy atom. The van der Waals surface area contributed by atoms with Crippen LogP contribution in [0.1, 0.15) is 44.7 Å². The molecule has 0 aliphatic carbocycles. The van der Waals surface area contributed by atoms with Gasteiger partial charge in [0.15, 0.2) is 0 Å². The minimum absolute atomic E-state index is 0.338. The van der Waals surface area contributed by atoms with Crippen LogP contribution in [0.5, 0.6) is 0 Å². The molecule has 1 fully saturated rings. The second-order valence-corrected chi connectivity index (χ2v) is 6.85. The van der Waals surface area contributed by atoms with Crippen molar-refractivity contribution in [2.24, 2.45) is 0 Å². The van der Waals surface area contributed by atoms with E-state index in [0.717, 1.165) is 5.56 Å². The molecule has 2 rings (SSSR count). The number of piperidine rings is 1. The Balaban J connectivity index is 2.13. The zero-order valence-electron chi connectivity index (χ0n) is 13.8. The van der Waals surface area contributed by atoms with Crippen LogP contribution in [0, 0.1) is 22.7 Å². The van der Waals surface area contributed by atoms with Crippen molar-refractivity contribution in [1.29, 1.82) is 10.5 Å². The molecule has 0 aromatic heterocycles. The normalized spacial score (nSPS) is 17.0. The molecule has 0 radical (unpaired) electrons. The Hall–Kier alpha value is -2.53. The maximum atomic E-state index is 12.1. The number of ether oxygens (including phenoxy) is 1. The van der Waals surface area contributed by atoms with Crippen LogP contribution in [-0.4, -0.2) is 29.7 Å². The molecule has 1 saturated heterocycles. The van der Waals surface area contributed by atoms with Crippen LogP contribution in [0.25, 0.3) is 0 Å². The van der Waals surface area contributed by atoms with Gasteiger partial charge in [-0.25, -0.2) is 4.79 Å². The zero-order chi connectivity index (χ0) is 17.1. The third-order valence-corrected chi connectivity index (χ3v) is 4.03. The minimum atomic E-state index is -0.647. The molecule has 0 N–H and O–H groups in total. The van der Waals surface area contributed by atoms with Gasteiger partial charge in [0.25, 0.3) is 0 Å². The predicted molar refractivity (Wildman–Crippen MR) is 85.5 cm³/mol. The van der Waals surface area contributed by atoms with E-state index in [9.17, 15) is 10.1 Å². The smallest absolute Gasteiger partial charge is 0.410 e. The molecule has 0 unspecified atom stereocenters. The van der Waals surface area contributed by atoms with E-state index in [4.69, 9.17) is 10.00 Å². The highest BCUT2D eigenvalue weighted by Crippen LogP contribution is 2.35. The van der Waals surface area contributed by atoms with Gasteiger partial charge in [0.1, 0.15) is 5.60 Å². The lowest BCUT2D eigenvalue weighted by Gasteiger charge is -2.38. The van der Waals surface area contributed by atoms with Crippen molar-refractivity contribution in [2.45, 2.75) is 44.6 Å². The van der Waals surface area contributed by atoms with E-state index in [2.05, 4.69) is 12.1 Å². The number of rotatable bonds is 1. The lowest BCUT2D eigenvalue weighted by atomic mass is 9.74. The van der Waals surface area contributed by atoms with E-state index < -0.39 is 11.0 Å². The van der Waals surface area contributed by atoms with Crippen molar-refractivity contribution in [3.63, 3.8) is 0 Å². The van der Waals surface area contributed by atoms with E-state index in [1.165, 1.54) is 0 Å². The Bertz CT molecular complexity index is 669. The Morgan fingerprint density at radius 2 is 1.91 bits per heavy atom. The molecule has 5 nitrogen and oxygen atoms in total. The quantitative estimate of drug-likeness (QED) is 0.797. The number of hydrogen-bond acceptors (Lipinski definition) is 4. The highest BCUT2D eigenvalue weighted by atomic mass is 16.6. The molecule has 1 aromatic rings. The molecule has 1 amide bonds. The molecule has 1 aromatic carbocycles. The van der Waals surface area contributed by atoms with Gasteiger partial charge in [-0.3, -0.25) is 0 Å². The number of nitriles is 2. The molecule has 0 saturated carbocycles. The Kier molecular flexibility index (Phi) is 4.61. The molecule has 5 heteroatoms. The van der Waals surface area contributed by atoms with Crippen LogP contribution in [0.2, 0.25) is 0 Å². The Labute approximate surface area is 137 Å². The topological polar surface area (TPSA) is 77.1 Å². The average molecular weight is 311 g/mol. The van der Waals surface area contributed by atoms with Gasteiger partial charge in [-0.2, -0.15) is 10.5 Å². The summed E-state index contributed by atoms with van der Waals surface area (Å²) in [5, 5.41) is 18.7. The van der Waals surface area contributed by atoms with Crippen LogP contribution >= 0.6 is 0 Å². The van der Waals surface area contributed by atoms with E-state index in [1.54, 1.807) is 23.1 Å². The van der Waals surface area contributed by atoms with E-state index >= 15 is 0 Å². The SMILES string of the molecule is CC(C)(C)OC(=O)N1CCC(C#N)(c2cccc(C#N)c2)CC1. The minimum Gasteiger partial charge on any atom is -0.444 e. The summed E-state index contributed by atoms with van der Waals surface area (Å²) in [4.78, 5) is 13.8. The Morgan fingerprint density at radius 3 is 2.43 bits per heavy atom. The van der Waals surface area contributed by atoms with E-state index in [1.807, 2.05) is 26.8 Å². The third-order valence-electron chi connectivity index (χ3n) is 4.03. The fourth-order valence-electron chi connectivity index (χ4n) is 2.75. The van der Waals surface area contributed by atoms with Crippen molar-refractivity contribution < 1.29 is 9.53 Å². The second kappa shape index (κ2) is 6.30. The first-order valence-corrected chi connectivity index (χ1v) is 7.69. The summed E-state index contributed by atoms with van der Waals surface area (Å²) in [6.07, 6.45) is 0.740. The lowest BCUT2D eigenvalue weighted by molar-refractivity contribution is 0.0185. The number of benzene rings is 1. The number of nitrogens with zero attached hydrogens (tertiary/aromatic N) is 3. The van der Waals surface area contributed by atoms with Crippen molar-refractivity contribution >= 4 is 6.09 Å². The third kappa shape index (κ3) is 3.81. The van der Waals surface area contributed by atoms with Crippen LogP contribution in [0.3, 0.4) is 0 Å². The van der Waals surface area contributed by atoms with Gasteiger partial charge in [-0.05, 0) is 51.3 Å². The largest absolute Gasteiger partial charge is 0.444 e.